The summed E-state index contributed by atoms with van der Waals surface area (Å²) >= 11 is 0. The molecular formula is C16H24N4. The molecule has 1 saturated heterocycles. The summed E-state index contributed by atoms with van der Waals surface area (Å²) in [4.78, 5) is 2.24. The van der Waals surface area contributed by atoms with Crippen LogP contribution in [-0.4, -0.2) is 23.3 Å². The Hall–Kier alpha value is -2.02. The number of hydrazone groups is 1. The molecule has 2 N–H and O–H groups in total. The minimum atomic E-state index is 0.406. The molecule has 0 spiro atoms. The maximum absolute atomic E-state index is 8.88. The van der Waals surface area contributed by atoms with Gasteiger partial charge in [-0.3, -0.25) is 0 Å². The van der Waals surface area contributed by atoms with E-state index in [0.717, 1.165) is 30.8 Å². The van der Waals surface area contributed by atoms with Crippen LogP contribution in [0.3, 0.4) is 0 Å². The van der Waals surface area contributed by atoms with Gasteiger partial charge in [-0.15, -0.1) is 0 Å². The molecule has 0 saturated carbocycles. The van der Waals surface area contributed by atoms with Crippen LogP contribution in [0.15, 0.2) is 41.1 Å². The molecule has 0 radical (unpaired) electrons. The van der Waals surface area contributed by atoms with Crippen LogP contribution in [0.4, 0.5) is 0 Å². The van der Waals surface area contributed by atoms with Crippen molar-refractivity contribution in [3.63, 3.8) is 0 Å². The van der Waals surface area contributed by atoms with E-state index >= 15 is 0 Å². The second-order valence-electron chi connectivity index (χ2n) is 5.20. The Morgan fingerprint density at radius 2 is 2.20 bits per heavy atom. The average molecular weight is 272 g/mol. The van der Waals surface area contributed by atoms with Crippen LogP contribution < -0.4 is 5.84 Å². The zero-order chi connectivity index (χ0) is 15.1. The number of rotatable bonds is 3. The van der Waals surface area contributed by atoms with Gasteiger partial charge in [0, 0.05) is 18.2 Å². The smallest absolute Gasteiger partial charge is 0.121 e. The van der Waals surface area contributed by atoms with Gasteiger partial charge in [0.2, 0.25) is 0 Å². The van der Waals surface area contributed by atoms with Gasteiger partial charge >= 0.3 is 0 Å². The minimum absolute atomic E-state index is 0.406. The Kier molecular flexibility index (Phi) is 6.05. The number of nitrogens with two attached hydrogens (primary N) is 1. The van der Waals surface area contributed by atoms with Crippen LogP contribution in [0, 0.1) is 17.2 Å². The molecule has 1 rings (SSSR count). The Balaban J connectivity index is 2.65. The van der Waals surface area contributed by atoms with Gasteiger partial charge in [-0.2, -0.15) is 10.4 Å². The van der Waals surface area contributed by atoms with Crippen molar-refractivity contribution in [2.24, 2.45) is 16.9 Å². The molecule has 4 nitrogen and oxygen atoms in total. The molecule has 1 aliphatic heterocycles. The first-order chi connectivity index (χ1) is 9.53. The molecule has 1 fully saturated rings. The van der Waals surface area contributed by atoms with E-state index in [4.69, 9.17) is 11.1 Å². The van der Waals surface area contributed by atoms with E-state index in [1.807, 2.05) is 26.0 Å². The van der Waals surface area contributed by atoms with Crippen molar-refractivity contribution in [2.75, 3.05) is 6.54 Å². The molecule has 20 heavy (non-hydrogen) atoms. The Bertz CT molecular complexity index is 479. The number of hydrogen-bond acceptors (Lipinski definition) is 3. The summed E-state index contributed by atoms with van der Waals surface area (Å²) in [6.45, 7) is 11.1. The van der Waals surface area contributed by atoms with Gasteiger partial charge in [-0.25, -0.2) is 0 Å². The monoisotopic (exact) mass is 272 g/mol. The molecule has 2 atom stereocenters. The molecule has 1 aliphatic rings. The number of piperidine rings is 1. The normalized spacial score (nSPS) is 24.8. The number of nitriles is 1. The van der Waals surface area contributed by atoms with Crippen LogP contribution in [0.5, 0.6) is 0 Å². The first-order valence-electron chi connectivity index (χ1n) is 6.97. The third-order valence-electron chi connectivity index (χ3n) is 3.92. The Morgan fingerprint density at radius 1 is 1.50 bits per heavy atom. The van der Waals surface area contributed by atoms with Crippen molar-refractivity contribution in [3.05, 3.63) is 36.0 Å². The summed E-state index contributed by atoms with van der Waals surface area (Å²) in [5.41, 5.74) is 1.76. The highest BCUT2D eigenvalue weighted by Crippen LogP contribution is 2.28. The maximum Gasteiger partial charge on any atom is 0.121 e. The number of likely N-dealkylation sites (tertiary alicyclic amines) is 1. The highest BCUT2D eigenvalue weighted by molar-refractivity contribution is 5.79. The van der Waals surface area contributed by atoms with Gasteiger partial charge in [0.05, 0.1) is 6.07 Å². The molecule has 0 aromatic carbocycles. The van der Waals surface area contributed by atoms with Gasteiger partial charge in [0.15, 0.2) is 0 Å². The lowest BCUT2D eigenvalue weighted by Gasteiger charge is -2.39. The van der Waals surface area contributed by atoms with Crippen molar-refractivity contribution in [2.45, 2.75) is 39.7 Å². The third-order valence-corrected chi connectivity index (χ3v) is 3.92. The van der Waals surface area contributed by atoms with Crippen LogP contribution in [-0.2, 0) is 0 Å². The summed E-state index contributed by atoms with van der Waals surface area (Å²) in [6, 6.07) is 2.55. The lowest BCUT2D eigenvalue weighted by atomic mass is 9.85. The van der Waals surface area contributed by atoms with Crippen molar-refractivity contribution in [1.29, 1.82) is 5.26 Å². The van der Waals surface area contributed by atoms with E-state index in [0.29, 0.717) is 17.5 Å². The van der Waals surface area contributed by atoms with Gasteiger partial charge in [-0.1, -0.05) is 24.3 Å². The minimum Gasteiger partial charge on any atom is -0.356 e. The van der Waals surface area contributed by atoms with Crippen LogP contribution >= 0.6 is 0 Å². The number of allylic oxidation sites excluding steroid dienone is 5. The summed E-state index contributed by atoms with van der Waals surface area (Å²) in [6.07, 6.45) is 7.68. The second-order valence-corrected chi connectivity index (χ2v) is 5.20. The molecule has 2 unspecified atom stereocenters. The predicted molar refractivity (Wildman–Crippen MR) is 83.8 cm³/mol. The van der Waals surface area contributed by atoms with E-state index in [1.54, 1.807) is 6.08 Å². The molecule has 0 aromatic rings. The Labute approximate surface area is 121 Å². The predicted octanol–water partition coefficient (Wildman–Crippen LogP) is 2.96. The molecule has 1 heterocycles. The van der Waals surface area contributed by atoms with Gasteiger partial charge < -0.3 is 10.7 Å². The maximum atomic E-state index is 8.88. The quantitative estimate of drug-likeness (QED) is 0.214. The van der Waals surface area contributed by atoms with Crippen molar-refractivity contribution in [1.82, 2.24) is 4.90 Å². The summed E-state index contributed by atoms with van der Waals surface area (Å²) in [5, 5.41) is 12.7. The van der Waals surface area contributed by atoms with Crippen LogP contribution in [0.2, 0.25) is 0 Å². The van der Waals surface area contributed by atoms with Crippen molar-refractivity contribution in [3.8, 4) is 6.07 Å². The van der Waals surface area contributed by atoms with Crippen molar-refractivity contribution < 1.29 is 0 Å². The SMILES string of the molecule is C=C(/C=C\C(C#N)=C/C)C1CCN(/C(C)=N\N)C(C)C1. The van der Waals surface area contributed by atoms with Gasteiger partial charge in [0.1, 0.15) is 5.84 Å². The standard InChI is InChI=1S/C16H24N4/c1-5-15(11-17)7-6-12(2)16-8-9-20(13(3)10-16)14(4)19-18/h5-7,13,16H,2,8-10,18H2,1,3-4H3/b7-6-,15-5+,19-14-. The Morgan fingerprint density at radius 3 is 2.70 bits per heavy atom. The molecule has 0 aliphatic carbocycles. The molecule has 4 heteroatoms. The van der Waals surface area contributed by atoms with E-state index in [1.165, 1.54) is 0 Å². The fourth-order valence-electron chi connectivity index (χ4n) is 2.59. The summed E-state index contributed by atoms with van der Waals surface area (Å²) < 4.78 is 0. The first kappa shape index (κ1) is 16.0. The molecular weight excluding hydrogens is 248 g/mol. The van der Waals surface area contributed by atoms with Crippen LogP contribution in [0.25, 0.3) is 0 Å². The first-order valence-corrected chi connectivity index (χ1v) is 6.97. The van der Waals surface area contributed by atoms with Crippen LogP contribution in [0.1, 0.15) is 33.6 Å². The zero-order valence-electron chi connectivity index (χ0n) is 12.6. The fraction of sp³-hybridized carbons (Fsp3) is 0.500. The zero-order valence-corrected chi connectivity index (χ0v) is 12.6. The van der Waals surface area contributed by atoms with E-state index in [-0.39, 0.29) is 0 Å². The topological polar surface area (TPSA) is 65.4 Å². The molecule has 0 bridgehead atoms. The molecule has 0 aromatic heterocycles. The lowest BCUT2D eigenvalue weighted by molar-refractivity contribution is 0.218. The van der Waals surface area contributed by atoms with Gasteiger partial charge in [0.25, 0.3) is 0 Å². The average Bonchev–Trinajstić information content (AvgIpc) is 2.47. The van der Waals surface area contributed by atoms with Gasteiger partial charge in [-0.05, 0) is 45.6 Å². The molecule has 0 amide bonds. The molecule has 108 valence electrons. The van der Waals surface area contributed by atoms with E-state index in [9.17, 15) is 0 Å². The third kappa shape index (κ3) is 3.99. The largest absolute Gasteiger partial charge is 0.356 e. The number of nitrogens with zero attached hydrogens (tertiary/aromatic N) is 3. The fourth-order valence-corrected chi connectivity index (χ4v) is 2.59. The highest BCUT2D eigenvalue weighted by atomic mass is 15.3. The summed E-state index contributed by atoms with van der Waals surface area (Å²) in [7, 11) is 0. The van der Waals surface area contributed by atoms with E-state index < -0.39 is 0 Å². The number of amidine groups is 1. The van der Waals surface area contributed by atoms with Crippen molar-refractivity contribution >= 4 is 5.84 Å². The summed E-state index contributed by atoms with van der Waals surface area (Å²) in [5.74, 6) is 6.70. The lowest BCUT2D eigenvalue weighted by Crippen LogP contribution is -2.44. The number of hydrogen-bond donors (Lipinski definition) is 1. The highest BCUT2D eigenvalue weighted by Gasteiger charge is 2.26. The second kappa shape index (κ2) is 7.54. The van der Waals surface area contributed by atoms with E-state index in [2.05, 4.69) is 29.6 Å².